The molecule has 0 unspecified atom stereocenters. The highest BCUT2D eigenvalue weighted by molar-refractivity contribution is 6.30. The molecule has 1 aromatic carbocycles. The van der Waals surface area contributed by atoms with E-state index in [1.54, 1.807) is 0 Å². The Balaban J connectivity index is 0.00000208. The first kappa shape index (κ1) is 19.5. The number of hydrogen-bond donors (Lipinski definition) is 1. The highest BCUT2D eigenvalue weighted by Crippen LogP contribution is 2.50. The quantitative estimate of drug-likeness (QED) is 0.780. The molecular weight excluding hydrogens is 347 g/mol. The summed E-state index contributed by atoms with van der Waals surface area (Å²) in [6.45, 7) is 2.96. The van der Waals surface area contributed by atoms with Gasteiger partial charge in [-0.1, -0.05) is 23.7 Å². The van der Waals surface area contributed by atoms with Crippen LogP contribution in [0.5, 0.6) is 0 Å². The molecule has 1 aromatic rings. The van der Waals surface area contributed by atoms with Crippen LogP contribution in [0.15, 0.2) is 24.3 Å². The first-order valence-corrected chi connectivity index (χ1v) is 8.90. The number of ether oxygens (including phenoxy) is 1. The Labute approximate surface area is 155 Å². The number of carbonyl (C=O) groups is 1. The van der Waals surface area contributed by atoms with Gasteiger partial charge in [-0.15, -0.1) is 12.4 Å². The molecule has 0 bridgehead atoms. The van der Waals surface area contributed by atoms with Gasteiger partial charge in [-0.2, -0.15) is 0 Å². The Kier molecular flexibility index (Phi) is 6.93. The van der Waals surface area contributed by atoms with Crippen molar-refractivity contribution in [3.63, 3.8) is 0 Å². The summed E-state index contributed by atoms with van der Waals surface area (Å²) in [6.07, 6.45) is 4.87. The number of piperidine rings is 1. The van der Waals surface area contributed by atoms with Gasteiger partial charge in [0.15, 0.2) is 0 Å². The van der Waals surface area contributed by atoms with Crippen molar-refractivity contribution in [1.29, 1.82) is 0 Å². The fourth-order valence-electron chi connectivity index (χ4n) is 3.40. The van der Waals surface area contributed by atoms with Gasteiger partial charge in [0, 0.05) is 24.7 Å². The van der Waals surface area contributed by atoms with E-state index >= 15 is 0 Å². The molecule has 1 saturated heterocycles. The van der Waals surface area contributed by atoms with E-state index in [4.69, 9.17) is 22.1 Å². The molecule has 0 atom stereocenters. The van der Waals surface area contributed by atoms with Crippen LogP contribution < -0.4 is 5.73 Å². The zero-order valence-corrected chi connectivity index (χ0v) is 15.5. The fraction of sp³-hybridized carbons (Fsp3) is 0.611. The summed E-state index contributed by atoms with van der Waals surface area (Å²) in [6, 6.07) is 7.76. The van der Waals surface area contributed by atoms with Crippen molar-refractivity contribution in [2.24, 2.45) is 5.73 Å². The second kappa shape index (κ2) is 8.52. The number of nitrogens with two attached hydrogens (primary N) is 1. The molecule has 1 aliphatic carbocycles. The molecule has 2 fully saturated rings. The van der Waals surface area contributed by atoms with Gasteiger partial charge < -0.3 is 15.4 Å². The largest absolute Gasteiger partial charge is 0.378 e. The highest BCUT2D eigenvalue weighted by Gasteiger charge is 2.53. The lowest BCUT2D eigenvalue weighted by Gasteiger charge is -2.34. The van der Waals surface area contributed by atoms with E-state index < -0.39 is 0 Å². The molecule has 134 valence electrons. The van der Waals surface area contributed by atoms with E-state index in [0.29, 0.717) is 11.6 Å². The van der Waals surface area contributed by atoms with E-state index in [-0.39, 0.29) is 29.8 Å². The average molecular weight is 373 g/mol. The molecule has 2 N–H and O–H groups in total. The number of hydrogen-bond acceptors (Lipinski definition) is 3. The van der Waals surface area contributed by atoms with Gasteiger partial charge >= 0.3 is 0 Å². The standard InChI is InChI=1S/C18H25ClN2O2.ClH/c19-15-4-1-3-14(13-15)18(7-8-18)17(22)21-10-5-16(6-11-21)23-12-2-9-20;/h1,3-4,13,16H,2,5-12,20H2;1H. The summed E-state index contributed by atoms with van der Waals surface area (Å²) in [5.41, 5.74) is 6.23. The number of carbonyl (C=O) groups excluding carboxylic acids is 1. The van der Waals surface area contributed by atoms with Crippen LogP contribution in [-0.4, -0.2) is 43.2 Å². The number of likely N-dealkylation sites (tertiary alicyclic amines) is 1. The lowest BCUT2D eigenvalue weighted by molar-refractivity contribution is -0.136. The minimum Gasteiger partial charge on any atom is -0.378 e. The summed E-state index contributed by atoms with van der Waals surface area (Å²) in [5, 5.41) is 0.702. The average Bonchev–Trinajstić information content (AvgIpc) is 3.37. The van der Waals surface area contributed by atoms with E-state index in [2.05, 4.69) is 0 Å². The minimum absolute atomic E-state index is 0. The number of rotatable bonds is 6. The monoisotopic (exact) mass is 372 g/mol. The predicted octanol–water partition coefficient (Wildman–Crippen LogP) is 3.15. The van der Waals surface area contributed by atoms with Crippen molar-refractivity contribution in [1.82, 2.24) is 4.90 Å². The van der Waals surface area contributed by atoms with Crippen molar-refractivity contribution in [3.8, 4) is 0 Å². The molecule has 1 saturated carbocycles. The van der Waals surface area contributed by atoms with Crippen molar-refractivity contribution in [2.75, 3.05) is 26.2 Å². The summed E-state index contributed by atoms with van der Waals surface area (Å²) in [5.74, 6) is 0.264. The lowest BCUT2D eigenvalue weighted by atomic mass is 9.93. The minimum atomic E-state index is -0.321. The van der Waals surface area contributed by atoms with Crippen LogP contribution in [0.4, 0.5) is 0 Å². The molecule has 0 aromatic heterocycles. The van der Waals surface area contributed by atoms with Crippen LogP contribution in [0.1, 0.15) is 37.7 Å². The Bertz CT molecular complexity index is 556. The van der Waals surface area contributed by atoms with Gasteiger partial charge in [0.2, 0.25) is 5.91 Å². The third-order valence-corrected chi connectivity index (χ3v) is 5.20. The van der Waals surface area contributed by atoms with E-state index in [9.17, 15) is 4.79 Å². The maximum atomic E-state index is 13.0. The van der Waals surface area contributed by atoms with Crippen molar-refractivity contribution >= 4 is 29.9 Å². The van der Waals surface area contributed by atoms with E-state index in [1.807, 2.05) is 29.2 Å². The predicted molar refractivity (Wildman–Crippen MR) is 98.8 cm³/mol. The molecule has 24 heavy (non-hydrogen) atoms. The van der Waals surface area contributed by atoms with Crippen molar-refractivity contribution in [3.05, 3.63) is 34.9 Å². The maximum Gasteiger partial charge on any atom is 0.233 e. The second-order valence-electron chi connectivity index (χ2n) is 6.60. The molecule has 0 radical (unpaired) electrons. The molecule has 1 amide bonds. The molecule has 1 heterocycles. The number of halogens is 2. The molecule has 1 aliphatic heterocycles. The third-order valence-electron chi connectivity index (χ3n) is 4.97. The Hall–Kier alpha value is -0.810. The van der Waals surface area contributed by atoms with Gasteiger partial charge in [-0.3, -0.25) is 4.79 Å². The van der Waals surface area contributed by atoms with Gasteiger partial charge in [-0.05, 0) is 56.3 Å². The molecular formula is C18H26Cl2N2O2. The molecule has 0 spiro atoms. The highest BCUT2D eigenvalue weighted by atomic mass is 35.5. The second-order valence-corrected chi connectivity index (χ2v) is 7.03. The normalized spacial score (nSPS) is 19.7. The first-order chi connectivity index (χ1) is 11.2. The first-order valence-electron chi connectivity index (χ1n) is 8.53. The van der Waals surface area contributed by atoms with E-state index in [0.717, 1.165) is 57.4 Å². The molecule has 4 nitrogen and oxygen atoms in total. The number of amides is 1. The topological polar surface area (TPSA) is 55.6 Å². The van der Waals surface area contributed by atoms with Crippen molar-refractivity contribution in [2.45, 2.75) is 43.6 Å². The number of nitrogens with zero attached hydrogens (tertiary/aromatic N) is 1. The zero-order valence-electron chi connectivity index (χ0n) is 13.9. The molecule has 3 rings (SSSR count). The lowest BCUT2D eigenvalue weighted by Crippen LogP contribution is -2.45. The summed E-state index contributed by atoms with van der Waals surface area (Å²) in [7, 11) is 0. The summed E-state index contributed by atoms with van der Waals surface area (Å²) in [4.78, 5) is 15.0. The van der Waals surface area contributed by atoms with Crippen LogP contribution in [0, 0.1) is 0 Å². The van der Waals surface area contributed by atoms with Crippen LogP contribution >= 0.6 is 24.0 Å². The van der Waals surface area contributed by atoms with Crippen LogP contribution in [0.25, 0.3) is 0 Å². The zero-order chi connectivity index (χ0) is 16.3. The van der Waals surface area contributed by atoms with Crippen molar-refractivity contribution < 1.29 is 9.53 Å². The smallest absolute Gasteiger partial charge is 0.233 e. The van der Waals surface area contributed by atoms with Crippen LogP contribution in [0.3, 0.4) is 0 Å². The van der Waals surface area contributed by atoms with Crippen LogP contribution in [0.2, 0.25) is 5.02 Å². The Morgan fingerprint density at radius 3 is 2.62 bits per heavy atom. The summed E-state index contributed by atoms with van der Waals surface area (Å²) >= 11 is 6.10. The fourth-order valence-corrected chi connectivity index (χ4v) is 3.59. The van der Waals surface area contributed by atoms with Gasteiger partial charge in [0.25, 0.3) is 0 Å². The number of benzene rings is 1. The molecule has 6 heteroatoms. The Morgan fingerprint density at radius 1 is 1.33 bits per heavy atom. The van der Waals surface area contributed by atoms with Gasteiger partial charge in [0.05, 0.1) is 11.5 Å². The van der Waals surface area contributed by atoms with E-state index in [1.165, 1.54) is 0 Å². The van der Waals surface area contributed by atoms with Gasteiger partial charge in [0.1, 0.15) is 0 Å². The molecule has 2 aliphatic rings. The maximum absolute atomic E-state index is 13.0. The van der Waals surface area contributed by atoms with Crippen LogP contribution in [-0.2, 0) is 14.9 Å². The Morgan fingerprint density at radius 2 is 2.04 bits per heavy atom. The SMILES string of the molecule is Cl.NCCCOC1CCN(C(=O)C2(c3cccc(Cl)c3)CC2)CC1. The van der Waals surface area contributed by atoms with Gasteiger partial charge in [-0.25, -0.2) is 0 Å². The summed E-state index contributed by atoms with van der Waals surface area (Å²) < 4.78 is 5.82. The third kappa shape index (κ3) is 4.23.